The number of halogens is 8. The lowest BCUT2D eigenvalue weighted by Gasteiger charge is -2.22. The molecule has 0 spiro atoms. The van der Waals surface area contributed by atoms with E-state index in [1.165, 1.54) is 24.3 Å². The summed E-state index contributed by atoms with van der Waals surface area (Å²) in [7, 11) is 0. The molecule has 2 rings (SSSR count). The number of benzene rings is 1. The van der Waals surface area contributed by atoms with E-state index in [0.29, 0.717) is 0 Å². The first-order valence-electron chi connectivity index (χ1n) is 6.64. The third-order valence-corrected chi connectivity index (χ3v) is 3.31. The van der Waals surface area contributed by atoms with Gasteiger partial charge in [0.2, 0.25) is 0 Å². The average molecular weight is 371 g/mol. The van der Waals surface area contributed by atoms with Crippen LogP contribution in [0.25, 0.3) is 0 Å². The van der Waals surface area contributed by atoms with Crippen molar-refractivity contribution in [2.75, 3.05) is 0 Å². The van der Waals surface area contributed by atoms with E-state index < -0.39 is 47.6 Å². The quantitative estimate of drug-likeness (QED) is 0.725. The van der Waals surface area contributed by atoms with Crippen molar-refractivity contribution in [3.63, 3.8) is 0 Å². The lowest BCUT2D eigenvalue weighted by Crippen LogP contribution is -2.37. The van der Waals surface area contributed by atoms with Crippen molar-refractivity contribution < 1.29 is 35.1 Å². The summed E-state index contributed by atoms with van der Waals surface area (Å²) in [4.78, 5) is 11.9. The molecule has 0 bridgehead atoms. The van der Waals surface area contributed by atoms with Gasteiger partial charge in [0.25, 0.3) is 5.56 Å². The molecule has 0 N–H and O–H groups in total. The summed E-state index contributed by atoms with van der Waals surface area (Å²) in [5, 5.41) is 0. The Morgan fingerprint density at radius 1 is 0.880 bits per heavy atom. The van der Waals surface area contributed by atoms with E-state index in [-0.39, 0.29) is 16.3 Å². The van der Waals surface area contributed by atoms with Crippen LogP contribution < -0.4 is 5.56 Å². The van der Waals surface area contributed by atoms with Crippen LogP contribution in [-0.2, 0) is 18.6 Å². The van der Waals surface area contributed by atoms with Gasteiger partial charge in [-0.15, -0.1) is 0 Å². The summed E-state index contributed by atoms with van der Waals surface area (Å²) < 4.78 is 103. The fourth-order valence-electron chi connectivity index (χ4n) is 2.07. The molecule has 2 aromatic rings. The maximum Gasteiger partial charge on any atom is 0.458 e. The van der Waals surface area contributed by atoms with E-state index >= 15 is 0 Å². The van der Waals surface area contributed by atoms with E-state index in [0.717, 1.165) is 0 Å². The van der Waals surface area contributed by atoms with Crippen LogP contribution in [0.3, 0.4) is 0 Å². The Kier molecular flexibility index (Phi) is 4.67. The van der Waals surface area contributed by atoms with Gasteiger partial charge in [-0.2, -0.15) is 35.1 Å². The second-order valence-corrected chi connectivity index (χ2v) is 5.13. The van der Waals surface area contributed by atoms with Crippen LogP contribution in [0.15, 0.2) is 47.4 Å². The molecule has 1 aromatic heterocycles. The number of hydrogen-bond acceptors (Lipinski definition) is 1. The summed E-state index contributed by atoms with van der Waals surface area (Å²) in [6, 6.07) is 6.81. The molecular weight excluding hydrogens is 362 g/mol. The van der Waals surface area contributed by atoms with Gasteiger partial charge in [-0.1, -0.05) is 30.3 Å². The molecule has 0 unspecified atom stereocenters. The second kappa shape index (κ2) is 6.16. The molecule has 0 saturated heterocycles. The Labute approximate surface area is 135 Å². The minimum atomic E-state index is -6.11. The van der Waals surface area contributed by atoms with Gasteiger partial charge >= 0.3 is 18.3 Å². The first kappa shape index (κ1) is 18.9. The lowest BCUT2D eigenvalue weighted by molar-refractivity contribution is -0.289. The number of nitrogens with zero attached hydrogens (tertiary/aromatic N) is 1. The summed E-state index contributed by atoms with van der Waals surface area (Å²) in [5.74, 6) is -5.54. The van der Waals surface area contributed by atoms with Gasteiger partial charge in [-0.3, -0.25) is 4.79 Å². The molecule has 0 fully saturated rings. The minimum absolute atomic E-state index is 0.0953. The average Bonchev–Trinajstić information content (AvgIpc) is 2.47. The molecule has 1 heterocycles. The minimum Gasteiger partial charge on any atom is -0.310 e. The van der Waals surface area contributed by atoms with Crippen LogP contribution >= 0.6 is 0 Å². The zero-order chi connectivity index (χ0) is 19.0. The van der Waals surface area contributed by atoms with Crippen molar-refractivity contribution in [2.24, 2.45) is 0 Å². The highest BCUT2D eigenvalue weighted by molar-refractivity contribution is 5.27. The first-order valence-corrected chi connectivity index (χ1v) is 6.64. The predicted octanol–water partition coefficient (Wildman–Crippen LogP) is 4.57. The molecule has 0 aliphatic carbocycles. The van der Waals surface area contributed by atoms with Crippen molar-refractivity contribution >= 4 is 0 Å². The van der Waals surface area contributed by atoms with Crippen LogP contribution in [0.2, 0.25) is 0 Å². The van der Waals surface area contributed by atoms with E-state index in [9.17, 15) is 39.9 Å². The molecule has 0 saturated carbocycles. The molecule has 0 amide bonds. The highest BCUT2D eigenvalue weighted by Crippen LogP contribution is 2.44. The SMILES string of the molecule is O=c1c(C(F)(F)F)cc(C(F)(F)C(F)(F)F)cn1Cc1ccccc1. The summed E-state index contributed by atoms with van der Waals surface area (Å²) in [6.07, 6.45) is -11.4. The number of hydrogen-bond donors (Lipinski definition) is 0. The third-order valence-electron chi connectivity index (χ3n) is 3.31. The fourth-order valence-corrected chi connectivity index (χ4v) is 2.07. The molecule has 0 atom stereocenters. The number of aromatic nitrogens is 1. The highest BCUT2D eigenvalue weighted by Gasteiger charge is 2.59. The van der Waals surface area contributed by atoms with Gasteiger partial charge in [0.15, 0.2) is 0 Å². The maximum absolute atomic E-state index is 13.5. The van der Waals surface area contributed by atoms with E-state index in [1.807, 2.05) is 0 Å². The molecule has 25 heavy (non-hydrogen) atoms. The van der Waals surface area contributed by atoms with Crippen molar-refractivity contribution in [3.8, 4) is 0 Å². The van der Waals surface area contributed by atoms with E-state index in [2.05, 4.69) is 0 Å². The monoisotopic (exact) mass is 371 g/mol. The topological polar surface area (TPSA) is 22.0 Å². The summed E-state index contributed by atoms with van der Waals surface area (Å²) >= 11 is 0. The van der Waals surface area contributed by atoms with Crippen LogP contribution in [0.5, 0.6) is 0 Å². The molecule has 0 aliphatic rings. The van der Waals surface area contributed by atoms with Crippen molar-refractivity contribution in [1.82, 2.24) is 4.57 Å². The molecule has 0 radical (unpaired) electrons. The Bertz CT molecular complexity index is 805. The number of pyridine rings is 1. The third kappa shape index (κ3) is 3.83. The van der Waals surface area contributed by atoms with E-state index in [4.69, 9.17) is 0 Å². The normalized spacial score (nSPS) is 13.1. The Morgan fingerprint density at radius 2 is 1.44 bits per heavy atom. The first-order chi connectivity index (χ1) is 11.3. The molecule has 0 aliphatic heterocycles. The van der Waals surface area contributed by atoms with Gasteiger partial charge < -0.3 is 4.57 Å². The number of rotatable bonds is 3. The Morgan fingerprint density at radius 3 is 1.92 bits per heavy atom. The smallest absolute Gasteiger partial charge is 0.310 e. The molecule has 136 valence electrons. The fraction of sp³-hybridized carbons (Fsp3) is 0.267. The molecule has 2 nitrogen and oxygen atoms in total. The molecule has 1 aromatic carbocycles. The zero-order valence-electron chi connectivity index (χ0n) is 12.1. The van der Waals surface area contributed by atoms with Crippen molar-refractivity contribution in [3.05, 3.63) is 69.6 Å². The van der Waals surface area contributed by atoms with Crippen molar-refractivity contribution in [2.45, 2.75) is 24.8 Å². The van der Waals surface area contributed by atoms with Crippen LogP contribution in [-0.4, -0.2) is 10.7 Å². The second-order valence-electron chi connectivity index (χ2n) is 5.13. The number of alkyl halides is 8. The van der Waals surface area contributed by atoms with Crippen LogP contribution in [0.4, 0.5) is 35.1 Å². The predicted molar refractivity (Wildman–Crippen MR) is 71.2 cm³/mol. The largest absolute Gasteiger partial charge is 0.458 e. The van der Waals surface area contributed by atoms with Gasteiger partial charge in [0.1, 0.15) is 5.56 Å². The zero-order valence-corrected chi connectivity index (χ0v) is 12.1. The molecule has 10 heteroatoms. The Hall–Kier alpha value is -2.39. The van der Waals surface area contributed by atoms with Gasteiger partial charge in [-0.25, -0.2) is 0 Å². The van der Waals surface area contributed by atoms with Crippen LogP contribution in [0.1, 0.15) is 16.7 Å². The molecular formula is C15H9F8NO. The van der Waals surface area contributed by atoms with E-state index in [1.54, 1.807) is 6.07 Å². The summed E-state index contributed by atoms with van der Waals surface area (Å²) in [5.41, 5.74) is -5.50. The van der Waals surface area contributed by atoms with Gasteiger partial charge in [0.05, 0.1) is 6.54 Å². The summed E-state index contributed by atoms with van der Waals surface area (Å²) in [6.45, 7) is -0.593. The highest BCUT2D eigenvalue weighted by atomic mass is 19.4. The maximum atomic E-state index is 13.5. The van der Waals surface area contributed by atoms with Gasteiger partial charge in [-0.05, 0) is 11.6 Å². The van der Waals surface area contributed by atoms with Crippen molar-refractivity contribution in [1.29, 1.82) is 0 Å². The van der Waals surface area contributed by atoms with Crippen LogP contribution in [0, 0.1) is 0 Å². The lowest BCUT2D eigenvalue weighted by atomic mass is 10.1. The Balaban J connectivity index is 2.67. The van der Waals surface area contributed by atoms with Gasteiger partial charge in [0, 0.05) is 11.8 Å². The standard InChI is InChI=1S/C15H9F8NO/c16-13(17,15(21,22)23)10-6-11(14(18,19)20)12(25)24(8-10)7-9-4-2-1-3-5-9/h1-6,8H,7H2.